The van der Waals surface area contributed by atoms with Gasteiger partial charge in [-0.2, -0.15) is 0 Å². The topological polar surface area (TPSA) is 0 Å². The van der Waals surface area contributed by atoms with E-state index in [2.05, 4.69) is 13.0 Å². The van der Waals surface area contributed by atoms with Crippen molar-refractivity contribution in [1.29, 1.82) is 0 Å². The van der Waals surface area contributed by atoms with Gasteiger partial charge in [0.2, 0.25) is 0 Å². The van der Waals surface area contributed by atoms with Crippen LogP contribution in [-0.4, -0.2) is 0 Å². The van der Waals surface area contributed by atoms with Crippen molar-refractivity contribution >= 4 is 0 Å². The number of allylic oxidation sites excluding steroid dienone is 2. The second kappa shape index (κ2) is 1.37. The molecule has 0 saturated heterocycles. The number of hydrogen-bond acceptors (Lipinski definition) is 0. The molecule has 44 valence electrons. The van der Waals surface area contributed by atoms with Crippen molar-refractivity contribution < 1.29 is 0 Å². The smallest absolute Gasteiger partial charge is 0.0172 e. The molecule has 0 N–H and O–H groups in total. The summed E-state index contributed by atoms with van der Waals surface area (Å²) in [7, 11) is 0. The summed E-state index contributed by atoms with van der Waals surface area (Å²) in [4.78, 5) is 0. The van der Waals surface area contributed by atoms with E-state index >= 15 is 0 Å². The Morgan fingerprint density at radius 3 is 2.75 bits per heavy atom. The molecule has 0 aliphatic heterocycles. The molecule has 0 radical (unpaired) electrons. The average molecular weight is 108 g/mol. The van der Waals surface area contributed by atoms with Gasteiger partial charge in [-0.3, -0.25) is 0 Å². The maximum atomic E-state index is 2.32. The van der Waals surface area contributed by atoms with E-state index in [0.29, 0.717) is 0 Å². The Hall–Kier alpha value is -0.260. The van der Waals surface area contributed by atoms with Crippen LogP contribution in [0.1, 0.15) is 26.2 Å². The normalized spacial score (nSPS) is 47.4. The van der Waals surface area contributed by atoms with Crippen LogP contribution in [0.5, 0.6) is 0 Å². The van der Waals surface area contributed by atoms with Gasteiger partial charge in [-0.05, 0) is 38.0 Å². The molecule has 2 aliphatic rings. The van der Waals surface area contributed by atoms with Gasteiger partial charge in [0.25, 0.3) is 0 Å². The Bertz CT molecular complexity index is 133. The minimum absolute atomic E-state index is 1.06. The SMILES string of the molecule is C/C=C1/CCC2CC12. The van der Waals surface area contributed by atoms with Gasteiger partial charge in [0.1, 0.15) is 0 Å². The van der Waals surface area contributed by atoms with Crippen molar-refractivity contribution in [2.24, 2.45) is 11.8 Å². The van der Waals surface area contributed by atoms with Gasteiger partial charge in [0, 0.05) is 0 Å². The molecule has 0 heterocycles. The summed E-state index contributed by atoms with van der Waals surface area (Å²) < 4.78 is 0. The third kappa shape index (κ3) is 0.460. The van der Waals surface area contributed by atoms with E-state index in [4.69, 9.17) is 0 Å². The third-order valence-corrected chi connectivity index (χ3v) is 2.57. The minimum atomic E-state index is 1.06. The minimum Gasteiger partial charge on any atom is -0.0882 e. The Kier molecular flexibility index (Phi) is 0.787. The molecular formula is C8H12. The predicted molar refractivity (Wildman–Crippen MR) is 34.6 cm³/mol. The van der Waals surface area contributed by atoms with Gasteiger partial charge in [-0.25, -0.2) is 0 Å². The summed E-state index contributed by atoms with van der Waals surface area (Å²) in [5.41, 5.74) is 1.75. The maximum Gasteiger partial charge on any atom is -0.0172 e. The lowest BCUT2D eigenvalue weighted by atomic mass is 10.1. The Balaban J connectivity index is 2.17. The highest BCUT2D eigenvalue weighted by atomic mass is 14.5. The lowest BCUT2D eigenvalue weighted by molar-refractivity contribution is 0.786. The Labute approximate surface area is 50.6 Å². The zero-order chi connectivity index (χ0) is 5.56. The molecular weight excluding hydrogens is 96.1 g/mol. The lowest BCUT2D eigenvalue weighted by Gasteiger charge is -1.92. The van der Waals surface area contributed by atoms with Gasteiger partial charge in [0.15, 0.2) is 0 Å². The van der Waals surface area contributed by atoms with E-state index in [1.165, 1.54) is 19.3 Å². The molecule has 0 bridgehead atoms. The molecule has 2 atom stereocenters. The maximum absolute atomic E-state index is 2.32. The first-order valence-corrected chi connectivity index (χ1v) is 3.57. The van der Waals surface area contributed by atoms with Crippen LogP contribution < -0.4 is 0 Å². The van der Waals surface area contributed by atoms with Gasteiger partial charge in [-0.15, -0.1) is 0 Å². The molecule has 0 aromatic carbocycles. The van der Waals surface area contributed by atoms with E-state index < -0.39 is 0 Å². The zero-order valence-corrected chi connectivity index (χ0v) is 5.35. The van der Waals surface area contributed by atoms with Crippen LogP contribution in [0.2, 0.25) is 0 Å². The highest BCUT2D eigenvalue weighted by Crippen LogP contribution is 2.54. The predicted octanol–water partition coefficient (Wildman–Crippen LogP) is 2.36. The molecule has 2 saturated carbocycles. The average Bonchev–Trinajstić information content (AvgIpc) is 2.46. The zero-order valence-electron chi connectivity index (χ0n) is 5.35. The number of fused-ring (bicyclic) bond motifs is 1. The molecule has 0 nitrogen and oxygen atoms in total. The fraction of sp³-hybridized carbons (Fsp3) is 0.750. The second-order valence-corrected chi connectivity index (χ2v) is 3.00. The van der Waals surface area contributed by atoms with E-state index in [0.717, 1.165) is 11.8 Å². The monoisotopic (exact) mass is 108 g/mol. The number of rotatable bonds is 0. The standard InChI is InChI=1S/C8H12/c1-2-6-3-4-7-5-8(6)7/h2,7-8H,3-5H2,1H3/b6-2-. The lowest BCUT2D eigenvalue weighted by Crippen LogP contribution is -1.75. The van der Waals surface area contributed by atoms with Crippen LogP contribution in [0.25, 0.3) is 0 Å². The van der Waals surface area contributed by atoms with Crippen molar-refractivity contribution in [3.05, 3.63) is 11.6 Å². The van der Waals surface area contributed by atoms with Crippen LogP contribution in [0, 0.1) is 11.8 Å². The summed E-state index contributed by atoms with van der Waals surface area (Å²) in [6.45, 7) is 2.18. The molecule has 0 heteroatoms. The molecule has 2 unspecified atom stereocenters. The van der Waals surface area contributed by atoms with E-state index in [-0.39, 0.29) is 0 Å². The summed E-state index contributed by atoms with van der Waals surface area (Å²) in [6.07, 6.45) is 6.73. The summed E-state index contributed by atoms with van der Waals surface area (Å²) in [6, 6.07) is 0. The molecule has 0 aromatic heterocycles. The van der Waals surface area contributed by atoms with Crippen molar-refractivity contribution in [1.82, 2.24) is 0 Å². The van der Waals surface area contributed by atoms with Crippen molar-refractivity contribution in [2.45, 2.75) is 26.2 Å². The molecule has 2 rings (SSSR count). The third-order valence-electron chi connectivity index (χ3n) is 2.57. The van der Waals surface area contributed by atoms with E-state index in [1.807, 2.05) is 0 Å². The summed E-state index contributed by atoms with van der Waals surface area (Å²) in [5, 5.41) is 0. The largest absolute Gasteiger partial charge is 0.0882 e. The van der Waals surface area contributed by atoms with Crippen molar-refractivity contribution in [2.75, 3.05) is 0 Å². The molecule has 8 heavy (non-hydrogen) atoms. The van der Waals surface area contributed by atoms with Crippen molar-refractivity contribution in [3.63, 3.8) is 0 Å². The molecule has 0 amide bonds. The second-order valence-electron chi connectivity index (χ2n) is 3.00. The Morgan fingerprint density at radius 1 is 1.62 bits per heavy atom. The fourth-order valence-corrected chi connectivity index (χ4v) is 1.92. The summed E-state index contributed by atoms with van der Waals surface area (Å²) in [5.74, 6) is 2.18. The first-order chi connectivity index (χ1) is 3.92. The van der Waals surface area contributed by atoms with Crippen molar-refractivity contribution in [3.8, 4) is 0 Å². The van der Waals surface area contributed by atoms with E-state index in [9.17, 15) is 0 Å². The fourth-order valence-electron chi connectivity index (χ4n) is 1.92. The van der Waals surface area contributed by atoms with Crippen LogP contribution in [0.3, 0.4) is 0 Å². The first kappa shape index (κ1) is 4.60. The summed E-state index contributed by atoms with van der Waals surface area (Å²) >= 11 is 0. The van der Waals surface area contributed by atoms with Gasteiger partial charge < -0.3 is 0 Å². The quantitative estimate of drug-likeness (QED) is 0.418. The number of hydrogen-bond donors (Lipinski definition) is 0. The highest BCUT2D eigenvalue weighted by Gasteiger charge is 2.43. The van der Waals surface area contributed by atoms with Crippen LogP contribution in [0.15, 0.2) is 11.6 Å². The van der Waals surface area contributed by atoms with Crippen LogP contribution in [-0.2, 0) is 0 Å². The van der Waals surface area contributed by atoms with Gasteiger partial charge in [0.05, 0.1) is 0 Å². The van der Waals surface area contributed by atoms with Crippen LogP contribution in [0.4, 0.5) is 0 Å². The molecule has 2 aliphatic carbocycles. The van der Waals surface area contributed by atoms with E-state index in [1.54, 1.807) is 5.57 Å². The van der Waals surface area contributed by atoms with Gasteiger partial charge >= 0.3 is 0 Å². The molecule has 2 fully saturated rings. The van der Waals surface area contributed by atoms with Crippen LogP contribution >= 0.6 is 0 Å². The first-order valence-electron chi connectivity index (χ1n) is 3.57. The van der Waals surface area contributed by atoms with Gasteiger partial charge in [-0.1, -0.05) is 11.6 Å². The Morgan fingerprint density at radius 2 is 2.50 bits per heavy atom. The molecule has 0 aromatic rings. The molecule has 0 spiro atoms. The highest BCUT2D eigenvalue weighted by molar-refractivity contribution is 5.20.